The quantitative estimate of drug-likeness (QED) is 0.369. The van der Waals surface area contributed by atoms with Gasteiger partial charge in [0.1, 0.15) is 0 Å². The summed E-state index contributed by atoms with van der Waals surface area (Å²) >= 11 is 17.7. The zero-order valence-electron chi connectivity index (χ0n) is 12.3. The number of nitrogens with two attached hydrogens (primary N) is 1. The zero-order chi connectivity index (χ0) is 17.1. The summed E-state index contributed by atoms with van der Waals surface area (Å²) in [6.07, 6.45) is -0.805. The van der Waals surface area contributed by atoms with Crippen molar-refractivity contribution in [3.05, 3.63) is 39.9 Å². The molecule has 0 saturated heterocycles. The predicted molar refractivity (Wildman–Crippen MR) is 86.3 cm³/mol. The average molecular weight is 370 g/mol. The lowest BCUT2D eigenvalue weighted by Gasteiger charge is -2.29. The normalized spacial score (nSPS) is 13.5. The van der Waals surface area contributed by atoms with E-state index in [1.54, 1.807) is 5.32 Å². The number of hydrogen-bond acceptors (Lipinski definition) is 3. The Morgan fingerprint density at radius 3 is 2.09 bits per heavy atom. The molecule has 0 aromatic heterocycles. The Bertz CT molecular complexity index is 550. The van der Waals surface area contributed by atoms with Crippen molar-refractivity contribution in [1.29, 1.82) is 0 Å². The second-order valence-electron chi connectivity index (χ2n) is 5.83. The molecule has 1 rings (SSSR count). The van der Waals surface area contributed by atoms with Gasteiger partial charge in [0.25, 0.3) is 15.4 Å². The fourth-order valence-electron chi connectivity index (χ4n) is 1.68. The molecular formula is C13H17Cl3N3O3+. The minimum Gasteiger partial charge on any atom is -0.319 e. The molecule has 0 radical (unpaired) electrons. The Balaban J connectivity index is 2.89. The maximum Gasteiger partial charge on any atom is 0.269 e. The van der Waals surface area contributed by atoms with Crippen molar-refractivity contribution in [2.75, 3.05) is 0 Å². The third-order valence-electron chi connectivity index (χ3n) is 2.65. The highest BCUT2D eigenvalue weighted by Gasteiger charge is 2.40. The summed E-state index contributed by atoms with van der Waals surface area (Å²) in [7, 11) is 0. The molecule has 0 aliphatic rings. The lowest BCUT2D eigenvalue weighted by Crippen LogP contribution is -3.03. The van der Waals surface area contributed by atoms with Gasteiger partial charge in [0.2, 0.25) is 6.17 Å². The minimum atomic E-state index is -1.70. The largest absolute Gasteiger partial charge is 0.319 e. The van der Waals surface area contributed by atoms with Crippen molar-refractivity contribution in [3.63, 3.8) is 0 Å². The van der Waals surface area contributed by atoms with Crippen molar-refractivity contribution in [2.24, 2.45) is 0 Å². The van der Waals surface area contributed by atoms with E-state index in [0.717, 1.165) is 0 Å². The molecule has 0 aliphatic heterocycles. The molecule has 1 amide bonds. The molecule has 22 heavy (non-hydrogen) atoms. The highest BCUT2D eigenvalue weighted by atomic mass is 35.6. The number of non-ortho nitro benzene ring substituents is 1. The molecular weight excluding hydrogens is 353 g/mol. The van der Waals surface area contributed by atoms with E-state index in [2.05, 4.69) is 5.32 Å². The molecule has 1 aromatic carbocycles. The van der Waals surface area contributed by atoms with Crippen molar-refractivity contribution >= 4 is 46.4 Å². The Kier molecular flexibility index (Phi) is 6.03. The Hall–Kier alpha value is -1.08. The van der Waals surface area contributed by atoms with Crippen LogP contribution < -0.4 is 10.6 Å². The fourth-order valence-corrected chi connectivity index (χ4v) is 2.03. The number of carbonyl (C=O) groups is 1. The van der Waals surface area contributed by atoms with Crippen LogP contribution in [-0.2, 0) is 0 Å². The summed E-state index contributed by atoms with van der Waals surface area (Å²) < 4.78 is -1.70. The van der Waals surface area contributed by atoms with Crippen LogP contribution in [0.3, 0.4) is 0 Å². The molecule has 0 saturated carbocycles. The lowest BCUT2D eigenvalue weighted by molar-refractivity contribution is -0.749. The second kappa shape index (κ2) is 7.00. The Morgan fingerprint density at radius 2 is 1.73 bits per heavy atom. The maximum absolute atomic E-state index is 12.2. The highest BCUT2D eigenvalue weighted by Crippen LogP contribution is 2.28. The molecule has 0 fully saturated rings. The van der Waals surface area contributed by atoms with Crippen molar-refractivity contribution in [3.8, 4) is 0 Å². The van der Waals surface area contributed by atoms with E-state index in [4.69, 9.17) is 34.8 Å². The molecule has 0 bridgehead atoms. The van der Waals surface area contributed by atoms with E-state index in [0.29, 0.717) is 0 Å². The van der Waals surface area contributed by atoms with Gasteiger partial charge < -0.3 is 5.32 Å². The highest BCUT2D eigenvalue weighted by molar-refractivity contribution is 6.68. The first-order valence-electron chi connectivity index (χ1n) is 6.38. The minimum absolute atomic E-state index is 0.101. The molecule has 1 atom stereocenters. The molecule has 6 nitrogen and oxygen atoms in total. The van der Waals surface area contributed by atoms with E-state index >= 15 is 0 Å². The monoisotopic (exact) mass is 368 g/mol. The van der Waals surface area contributed by atoms with Crippen molar-refractivity contribution < 1.29 is 15.0 Å². The molecule has 0 unspecified atom stereocenters. The summed E-state index contributed by atoms with van der Waals surface area (Å²) in [5, 5.41) is 14.9. The number of quaternary nitrogens is 1. The number of nitro groups is 1. The zero-order valence-corrected chi connectivity index (χ0v) is 14.5. The molecule has 9 heteroatoms. The van der Waals surface area contributed by atoms with Crippen LogP contribution in [0.1, 0.15) is 31.1 Å². The number of rotatable bonds is 4. The summed E-state index contributed by atoms with van der Waals surface area (Å²) in [6, 6.07) is 5.18. The molecule has 0 spiro atoms. The first-order valence-corrected chi connectivity index (χ1v) is 7.51. The fraction of sp³-hybridized carbons (Fsp3) is 0.462. The van der Waals surface area contributed by atoms with E-state index < -0.39 is 20.8 Å². The summed E-state index contributed by atoms with van der Waals surface area (Å²) in [5.74, 6) is -0.480. The number of nitrogens with zero attached hydrogens (tertiary/aromatic N) is 1. The first-order chi connectivity index (χ1) is 9.90. The first kappa shape index (κ1) is 19.0. The number of benzene rings is 1. The topological polar surface area (TPSA) is 88.8 Å². The van der Waals surface area contributed by atoms with Crippen LogP contribution in [0, 0.1) is 10.1 Å². The number of nitro benzene ring substituents is 1. The van der Waals surface area contributed by atoms with Crippen LogP contribution in [0.15, 0.2) is 24.3 Å². The SMILES string of the molecule is CC(C)(C)[NH2+][C@H](NC(=O)c1ccc([N+](=O)[O-])cc1)C(Cl)(Cl)Cl. The number of halogens is 3. The molecule has 1 aromatic rings. The van der Waals surface area contributed by atoms with Gasteiger partial charge in [-0.2, -0.15) is 0 Å². The third kappa shape index (κ3) is 5.96. The van der Waals surface area contributed by atoms with Gasteiger partial charge in [-0.25, -0.2) is 0 Å². The van der Waals surface area contributed by atoms with Crippen LogP contribution in [0.4, 0.5) is 5.69 Å². The Labute approximate surface area is 143 Å². The standard InChI is InChI=1S/C13H16Cl3N3O3/c1-12(2,3)18-11(13(14,15)16)17-10(20)8-4-6-9(7-5-8)19(21)22/h4-7,11,18H,1-3H3,(H,17,20)/p+1/t11-/m0/s1. The Morgan fingerprint density at radius 1 is 1.23 bits per heavy atom. The van der Waals surface area contributed by atoms with Crippen LogP contribution in [0.25, 0.3) is 0 Å². The van der Waals surface area contributed by atoms with Gasteiger partial charge in [-0.15, -0.1) is 0 Å². The van der Waals surface area contributed by atoms with Crippen LogP contribution in [-0.4, -0.2) is 26.3 Å². The number of alkyl halides is 3. The number of amides is 1. The number of carbonyl (C=O) groups excluding carboxylic acids is 1. The van der Waals surface area contributed by atoms with Crippen LogP contribution in [0.5, 0.6) is 0 Å². The van der Waals surface area contributed by atoms with Gasteiger partial charge in [0, 0.05) is 17.7 Å². The molecule has 122 valence electrons. The number of hydrogen-bond donors (Lipinski definition) is 2. The maximum atomic E-state index is 12.2. The van der Waals surface area contributed by atoms with Crippen LogP contribution in [0.2, 0.25) is 0 Å². The van der Waals surface area contributed by atoms with Gasteiger partial charge in [0.15, 0.2) is 0 Å². The average Bonchev–Trinajstić information content (AvgIpc) is 2.35. The summed E-state index contributed by atoms with van der Waals surface area (Å²) in [5.41, 5.74) is -0.139. The van der Waals surface area contributed by atoms with Gasteiger partial charge in [-0.3, -0.25) is 20.2 Å². The van der Waals surface area contributed by atoms with E-state index in [1.807, 2.05) is 20.8 Å². The third-order valence-corrected chi connectivity index (χ3v) is 3.35. The van der Waals surface area contributed by atoms with E-state index in [-0.39, 0.29) is 16.8 Å². The molecule has 0 heterocycles. The van der Waals surface area contributed by atoms with Gasteiger partial charge in [-0.05, 0) is 32.9 Å². The van der Waals surface area contributed by atoms with Crippen LogP contribution >= 0.6 is 34.8 Å². The smallest absolute Gasteiger partial charge is 0.269 e. The van der Waals surface area contributed by atoms with E-state index in [9.17, 15) is 14.9 Å². The van der Waals surface area contributed by atoms with Gasteiger partial charge in [-0.1, -0.05) is 34.8 Å². The second-order valence-corrected chi connectivity index (χ2v) is 8.20. The molecule has 0 aliphatic carbocycles. The lowest BCUT2D eigenvalue weighted by atomic mass is 10.1. The van der Waals surface area contributed by atoms with Crippen molar-refractivity contribution in [2.45, 2.75) is 36.3 Å². The van der Waals surface area contributed by atoms with Crippen molar-refractivity contribution in [1.82, 2.24) is 5.32 Å². The molecule has 3 N–H and O–H groups in total. The summed E-state index contributed by atoms with van der Waals surface area (Å²) in [6.45, 7) is 5.73. The summed E-state index contributed by atoms with van der Waals surface area (Å²) in [4.78, 5) is 22.2. The van der Waals surface area contributed by atoms with Gasteiger partial charge in [0.05, 0.1) is 10.5 Å². The van der Waals surface area contributed by atoms with E-state index in [1.165, 1.54) is 24.3 Å². The van der Waals surface area contributed by atoms with Gasteiger partial charge >= 0.3 is 0 Å². The predicted octanol–water partition coefficient (Wildman–Crippen LogP) is 2.38. The number of nitrogens with one attached hydrogen (secondary N) is 1.